The molecule has 2 aromatic heterocycles. The van der Waals surface area contributed by atoms with E-state index in [0.29, 0.717) is 5.88 Å². The van der Waals surface area contributed by atoms with Crippen LogP contribution in [0.2, 0.25) is 0 Å². The average molecular weight is 320 g/mol. The second-order valence-corrected chi connectivity index (χ2v) is 5.53. The number of nitrogens with zero attached hydrogens (tertiary/aromatic N) is 4. The Kier molecular flexibility index (Phi) is 4.61. The van der Waals surface area contributed by atoms with Crippen LogP contribution in [0.5, 0.6) is 5.88 Å². The number of benzene rings is 1. The highest BCUT2D eigenvalue weighted by molar-refractivity contribution is 5.81. The number of aromatic nitrogens is 2. The first kappa shape index (κ1) is 15.8. The van der Waals surface area contributed by atoms with Crippen molar-refractivity contribution in [1.29, 1.82) is 0 Å². The van der Waals surface area contributed by atoms with Gasteiger partial charge in [-0.1, -0.05) is 0 Å². The molecule has 2 heterocycles. The topological polar surface area (TPSA) is 42.6 Å². The lowest BCUT2D eigenvalue weighted by molar-refractivity contribution is 0.398. The van der Waals surface area contributed by atoms with Crippen molar-refractivity contribution in [3.05, 3.63) is 66.6 Å². The van der Waals surface area contributed by atoms with E-state index >= 15 is 0 Å². The molecule has 0 spiro atoms. The van der Waals surface area contributed by atoms with Crippen LogP contribution in [0, 0.1) is 0 Å². The van der Waals surface area contributed by atoms with Crippen molar-refractivity contribution < 1.29 is 4.74 Å². The van der Waals surface area contributed by atoms with Gasteiger partial charge in [0.1, 0.15) is 0 Å². The Balaban J connectivity index is 1.83. The van der Waals surface area contributed by atoms with E-state index in [2.05, 4.69) is 43.7 Å². The van der Waals surface area contributed by atoms with Crippen molar-refractivity contribution in [2.24, 2.45) is 4.99 Å². The Hall–Kier alpha value is -3.08. The third kappa shape index (κ3) is 3.46. The number of pyridine rings is 1. The Morgan fingerprint density at radius 3 is 2.50 bits per heavy atom. The molecule has 3 rings (SSSR count). The SMILES string of the molecule is COc1ccc(N=Cc2cccn2-c2ccc(N(C)C)cc2)cn1. The molecule has 0 bridgehead atoms. The highest BCUT2D eigenvalue weighted by Crippen LogP contribution is 2.18. The fourth-order valence-corrected chi connectivity index (χ4v) is 2.36. The van der Waals surface area contributed by atoms with Crippen molar-refractivity contribution in [2.45, 2.75) is 0 Å². The maximum Gasteiger partial charge on any atom is 0.213 e. The standard InChI is InChI=1S/C19H20N4O/c1-22(2)16-7-9-17(10-8-16)23-12-4-5-18(23)14-20-15-6-11-19(24-3)21-13-15/h4-14H,1-3H3. The molecule has 3 aromatic rings. The van der Waals surface area contributed by atoms with Crippen LogP contribution in [-0.4, -0.2) is 37.0 Å². The van der Waals surface area contributed by atoms with Gasteiger partial charge in [0.2, 0.25) is 5.88 Å². The number of rotatable bonds is 5. The molecule has 0 aliphatic heterocycles. The van der Waals surface area contributed by atoms with Gasteiger partial charge in [0.25, 0.3) is 0 Å². The quantitative estimate of drug-likeness (QED) is 0.673. The van der Waals surface area contributed by atoms with Crippen LogP contribution < -0.4 is 9.64 Å². The number of methoxy groups -OCH3 is 1. The first-order valence-electron chi connectivity index (χ1n) is 7.66. The molecule has 0 atom stereocenters. The van der Waals surface area contributed by atoms with E-state index in [1.807, 2.05) is 44.7 Å². The predicted molar refractivity (Wildman–Crippen MR) is 98.1 cm³/mol. The van der Waals surface area contributed by atoms with Gasteiger partial charge in [-0.2, -0.15) is 0 Å². The summed E-state index contributed by atoms with van der Waals surface area (Å²) in [5.74, 6) is 0.582. The molecule has 5 nitrogen and oxygen atoms in total. The van der Waals surface area contributed by atoms with Gasteiger partial charge < -0.3 is 14.2 Å². The summed E-state index contributed by atoms with van der Waals surface area (Å²) in [6.45, 7) is 0. The smallest absolute Gasteiger partial charge is 0.213 e. The summed E-state index contributed by atoms with van der Waals surface area (Å²) in [6.07, 6.45) is 5.55. The number of aliphatic imine (C=N–C) groups is 1. The van der Waals surface area contributed by atoms with Gasteiger partial charge in [-0.15, -0.1) is 0 Å². The van der Waals surface area contributed by atoms with E-state index in [1.165, 1.54) is 5.69 Å². The molecule has 122 valence electrons. The molecule has 0 saturated heterocycles. The Bertz CT molecular complexity index is 817. The van der Waals surface area contributed by atoms with Crippen molar-refractivity contribution in [2.75, 3.05) is 26.1 Å². The van der Waals surface area contributed by atoms with Crippen molar-refractivity contribution in [3.8, 4) is 11.6 Å². The second-order valence-electron chi connectivity index (χ2n) is 5.53. The monoisotopic (exact) mass is 320 g/mol. The largest absolute Gasteiger partial charge is 0.481 e. The summed E-state index contributed by atoms with van der Waals surface area (Å²) >= 11 is 0. The molecule has 0 aliphatic carbocycles. The van der Waals surface area contributed by atoms with Crippen molar-refractivity contribution in [3.63, 3.8) is 0 Å². The molecular formula is C19H20N4O. The van der Waals surface area contributed by atoms with Gasteiger partial charge in [-0.3, -0.25) is 4.99 Å². The van der Waals surface area contributed by atoms with E-state index in [4.69, 9.17) is 4.74 Å². The van der Waals surface area contributed by atoms with Gasteiger partial charge in [0.15, 0.2) is 0 Å². The van der Waals surface area contributed by atoms with Crippen LogP contribution >= 0.6 is 0 Å². The maximum atomic E-state index is 5.05. The lowest BCUT2D eigenvalue weighted by Gasteiger charge is -2.13. The number of anilines is 1. The van der Waals surface area contributed by atoms with E-state index in [0.717, 1.165) is 17.1 Å². The summed E-state index contributed by atoms with van der Waals surface area (Å²) in [5, 5.41) is 0. The van der Waals surface area contributed by atoms with E-state index in [1.54, 1.807) is 19.4 Å². The van der Waals surface area contributed by atoms with Gasteiger partial charge in [-0.05, 0) is 42.5 Å². The highest BCUT2D eigenvalue weighted by atomic mass is 16.5. The van der Waals surface area contributed by atoms with E-state index < -0.39 is 0 Å². The summed E-state index contributed by atoms with van der Waals surface area (Å²) in [6, 6.07) is 16.1. The van der Waals surface area contributed by atoms with Gasteiger partial charge >= 0.3 is 0 Å². The van der Waals surface area contributed by atoms with Crippen LogP contribution in [0.4, 0.5) is 11.4 Å². The van der Waals surface area contributed by atoms with Crippen molar-refractivity contribution >= 4 is 17.6 Å². The zero-order chi connectivity index (χ0) is 16.9. The number of hydrogen-bond donors (Lipinski definition) is 0. The minimum absolute atomic E-state index is 0.582. The summed E-state index contributed by atoms with van der Waals surface area (Å²) in [7, 11) is 5.66. The summed E-state index contributed by atoms with van der Waals surface area (Å²) in [5.41, 5.74) is 4.06. The fourth-order valence-electron chi connectivity index (χ4n) is 2.36. The molecule has 24 heavy (non-hydrogen) atoms. The lowest BCUT2D eigenvalue weighted by Crippen LogP contribution is -2.08. The summed E-state index contributed by atoms with van der Waals surface area (Å²) in [4.78, 5) is 10.7. The summed E-state index contributed by atoms with van der Waals surface area (Å²) < 4.78 is 7.15. The molecule has 0 aliphatic rings. The minimum atomic E-state index is 0.582. The molecular weight excluding hydrogens is 300 g/mol. The molecule has 0 unspecified atom stereocenters. The van der Waals surface area contributed by atoms with E-state index in [-0.39, 0.29) is 0 Å². The van der Waals surface area contributed by atoms with Crippen LogP contribution in [-0.2, 0) is 0 Å². The third-order valence-corrected chi connectivity index (χ3v) is 3.70. The van der Waals surface area contributed by atoms with Crippen LogP contribution in [0.3, 0.4) is 0 Å². The minimum Gasteiger partial charge on any atom is -0.481 e. The van der Waals surface area contributed by atoms with Crippen LogP contribution in [0.25, 0.3) is 5.69 Å². The Morgan fingerprint density at radius 1 is 1.08 bits per heavy atom. The first-order chi connectivity index (χ1) is 11.7. The molecule has 0 radical (unpaired) electrons. The van der Waals surface area contributed by atoms with Crippen LogP contribution in [0.15, 0.2) is 65.9 Å². The van der Waals surface area contributed by atoms with Gasteiger partial charge in [0.05, 0.1) is 30.9 Å². The molecule has 5 heteroatoms. The number of ether oxygens (including phenoxy) is 1. The zero-order valence-electron chi connectivity index (χ0n) is 14.0. The molecule has 1 aromatic carbocycles. The van der Waals surface area contributed by atoms with E-state index in [9.17, 15) is 0 Å². The fraction of sp³-hybridized carbons (Fsp3) is 0.158. The molecule has 0 amide bonds. The Morgan fingerprint density at radius 2 is 1.88 bits per heavy atom. The van der Waals surface area contributed by atoms with Crippen molar-refractivity contribution in [1.82, 2.24) is 9.55 Å². The third-order valence-electron chi connectivity index (χ3n) is 3.70. The second kappa shape index (κ2) is 7.00. The lowest BCUT2D eigenvalue weighted by atomic mass is 10.2. The molecule has 0 N–H and O–H groups in total. The first-order valence-corrected chi connectivity index (χ1v) is 7.66. The molecule has 0 saturated carbocycles. The zero-order valence-corrected chi connectivity index (χ0v) is 14.0. The number of hydrogen-bond acceptors (Lipinski definition) is 4. The normalized spacial score (nSPS) is 11.0. The average Bonchev–Trinajstić information content (AvgIpc) is 3.09. The maximum absolute atomic E-state index is 5.05. The van der Waals surface area contributed by atoms with Gasteiger partial charge in [-0.25, -0.2) is 4.98 Å². The van der Waals surface area contributed by atoms with Gasteiger partial charge in [0, 0.05) is 37.7 Å². The predicted octanol–water partition coefficient (Wildman–Crippen LogP) is 3.70. The Labute approximate surface area is 141 Å². The van der Waals surface area contributed by atoms with Crippen LogP contribution in [0.1, 0.15) is 5.69 Å². The molecule has 0 fully saturated rings. The highest BCUT2D eigenvalue weighted by Gasteiger charge is 2.02.